The van der Waals surface area contributed by atoms with Crippen LogP contribution in [0.1, 0.15) is 38.5 Å². The summed E-state index contributed by atoms with van der Waals surface area (Å²) in [5.41, 5.74) is -0.0577. The lowest BCUT2D eigenvalue weighted by Gasteiger charge is -2.43. The van der Waals surface area contributed by atoms with Gasteiger partial charge in [-0.1, -0.05) is 0 Å². The van der Waals surface area contributed by atoms with E-state index in [1.807, 2.05) is 0 Å². The van der Waals surface area contributed by atoms with E-state index in [1.165, 1.54) is 25.7 Å². The maximum Gasteiger partial charge on any atom is 0.0971 e. The maximum absolute atomic E-state index is 9.94. The minimum Gasteiger partial charge on any atom is -0.394 e. The highest BCUT2D eigenvalue weighted by Gasteiger charge is 2.44. The average Bonchev–Trinajstić information content (AvgIpc) is 3.22. The highest BCUT2D eigenvalue weighted by molar-refractivity contribution is 5.02. The standard InChI is InChI=1S/C16H30N2O3/c1-20-14-9-18(10-15(14)21-2)13-4-3-7-16(8-13,11-19)17-12-5-6-12/h12-15,17,19H,3-11H2,1-2H3. The third kappa shape index (κ3) is 3.42. The summed E-state index contributed by atoms with van der Waals surface area (Å²) in [5.74, 6) is 0. The van der Waals surface area contributed by atoms with Gasteiger partial charge in [0.1, 0.15) is 0 Å². The van der Waals surface area contributed by atoms with Gasteiger partial charge in [0, 0.05) is 44.9 Å². The third-order valence-corrected chi connectivity index (χ3v) is 5.57. The van der Waals surface area contributed by atoms with Gasteiger partial charge in [0.25, 0.3) is 0 Å². The van der Waals surface area contributed by atoms with Crippen LogP contribution in [0.3, 0.4) is 0 Å². The summed E-state index contributed by atoms with van der Waals surface area (Å²) in [6, 6.07) is 1.18. The molecule has 2 N–H and O–H groups in total. The van der Waals surface area contributed by atoms with E-state index in [4.69, 9.17) is 9.47 Å². The first-order chi connectivity index (χ1) is 10.2. The lowest BCUT2D eigenvalue weighted by molar-refractivity contribution is -0.00461. The maximum atomic E-state index is 9.94. The Bertz CT molecular complexity index is 338. The van der Waals surface area contributed by atoms with Gasteiger partial charge >= 0.3 is 0 Å². The van der Waals surface area contributed by atoms with Gasteiger partial charge in [-0.3, -0.25) is 4.90 Å². The van der Waals surface area contributed by atoms with Gasteiger partial charge in [0.05, 0.1) is 18.8 Å². The summed E-state index contributed by atoms with van der Waals surface area (Å²) in [7, 11) is 3.54. The van der Waals surface area contributed by atoms with Crippen molar-refractivity contribution in [1.29, 1.82) is 0 Å². The second kappa shape index (κ2) is 6.50. The summed E-state index contributed by atoms with van der Waals surface area (Å²) in [6.45, 7) is 2.16. The van der Waals surface area contributed by atoms with Crippen molar-refractivity contribution >= 4 is 0 Å². The van der Waals surface area contributed by atoms with Gasteiger partial charge in [-0.05, 0) is 38.5 Å². The Morgan fingerprint density at radius 1 is 1.14 bits per heavy atom. The Morgan fingerprint density at radius 2 is 1.81 bits per heavy atom. The van der Waals surface area contributed by atoms with E-state index in [0.29, 0.717) is 12.1 Å². The summed E-state index contributed by atoms with van der Waals surface area (Å²) < 4.78 is 11.1. The van der Waals surface area contributed by atoms with Crippen molar-refractivity contribution in [3.05, 3.63) is 0 Å². The van der Waals surface area contributed by atoms with Crippen LogP contribution < -0.4 is 5.32 Å². The predicted octanol–water partition coefficient (Wildman–Crippen LogP) is 0.758. The first-order valence-electron chi connectivity index (χ1n) is 8.38. The number of methoxy groups -OCH3 is 2. The highest BCUT2D eigenvalue weighted by atomic mass is 16.5. The predicted molar refractivity (Wildman–Crippen MR) is 81.4 cm³/mol. The number of aliphatic hydroxyl groups excluding tert-OH is 1. The Labute approximate surface area is 128 Å². The molecule has 3 fully saturated rings. The molecule has 2 aliphatic carbocycles. The molecule has 1 aliphatic heterocycles. The number of nitrogens with zero attached hydrogens (tertiary/aromatic N) is 1. The molecule has 21 heavy (non-hydrogen) atoms. The zero-order chi connectivity index (χ0) is 14.9. The van der Waals surface area contributed by atoms with Crippen LogP contribution in [-0.4, -0.2) is 73.8 Å². The molecular formula is C16H30N2O3. The molecule has 2 saturated carbocycles. The van der Waals surface area contributed by atoms with Gasteiger partial charge in [-0.2, -0.15) is 0 Å². The molecule has 0 radical (unpaired) electrons. The Hall–Kier alpha value is -0.200. The van der Waals surface area contributed by atoms with Crippen molar-refractivity contribution in [3.8, 4) is 0 Å². The number of aliphatic hydroxyl groups is 1. The molecular weight excluding hydrogens is 268 g/mol. The second-order valence-electron chi connectivity index (χ2n) is 7.11. The molecule has 4 atom stereocenters. The van der Waals surface area contributed by atoms with Crippen LogP contribution in [0.15, 0.2) is 0 Å². The van der Waals surface area contributed by atoms with E-state index in [1.54, 1.807) is 14.2 Å². The monoisotopic (exact) mass is 298 g/mol. The number of rotatable bonds is 6. The molecule has 3 aliphatic rings. The number of hydrogen-bond acceptors (Lipinski definition) is 5. The van der Waals surface area contributed by atoms with Crippen molar-refractivity contribution in [2.45, 2.75) is 68.4 Å². The summed E-state index contributed by atoms with van der Waals surface area (Å²) >= 11 is 0. The average molecular weight is 298 g/mol. The van der Waals surface area contributed by atoms with Crippen LogP contribution in [0.4, 0.5) is 0 Å². The fourth-order valence-corrected chi connectivity index (χ4v) is 4.15. The fourth-order valence-electron chi connectivity index (χ4n) is 4.15. The first-order valence-corrected chi connectivity index (χ1v) is 8.38. The lowest BCUT2D eigenvalue weighted by Crippen LogP contribution is -2.56. The third-order valence-electron chi connectivity index (χ3n) is 5.57. The molecule has 0 spiro atoms. The number of likely N-dealkylation sites (tertiary alicyclic amines) is 1. The molecule has 0 aromatic carbocycles. The van der Waals surface area contributed by atoms with Gasteiger partial charge < -0.3 is 19.9 Å². The Balaban J connectivity index is 1.62. The molecule has 122 valence electrons. The van der Waals surface area contributed by atoms with Gasteiger partial charge in [-0.15, -0.1) is 0 Å². The van der Waals surface area contributed by atoms with Gasteiger partial charge in [-0.25, -0.2) is 0 Å². The number of ether oxygens (including phenoxy) is 2. The zero-order valence-electron chi connectivity index (χ0n) is 13.4. The minimum absolute atomic E-state index is 0.0577. The molecule has 4 unspecified atom stereocenters. The summed E-state index contributed by atoms with van der Waals surface area (Å²) in [4.78, 5) is 2.51. The van der Waals surface area contributed by atoms with Crippen LogP contribution in [0.25, 0.3) is 0 Å². The molecule has 3 rings (SSSR count). The number of hydrogen-bond donors (Lipinski definition) is 2. The SMILES string of the molecule is COC1CN(C2CCCC(CO)(NC3CC3)C2)CC1OC. The van der Waals surface area contributed by atoms with E-state index < -0.39 is 0 Å². The summed E-state index contributed by atoms with van der Waals surface area (Å²) in [5, 5.41) is 13.7. The van der Waals surface area contributed by atoms with E-state index in [-0.39, 0.29) is 24.4 Å². The van der Waals surface area contributed by atoms with Crippen molar-refractivity contribution in [2.75, 3.05) is 33.9 Å². The van der Waals surface area contributed by atoms with Gasteiger partial charge in [0.15, 0.2) is 0 Å². The molecule has 0 bridgehead atoms. The number of nitrogens with one attached hydrogen (secondary N) is 1. The van der Waals surface area contributed by atoms with Crippen molar-refractivity contribution in [3.63, 3.8) is 0 Å². The summed E-state index contributed by atoms with van der Waals surface area (Å²) in [6.07, 6.45) is 7.46. The van der Waals surface area contributed by atoms with E-state index >= 15 is 0 Å². The van der Waals surface area contributed by atoms with E-state index in [2.05, 4.69) is 10.2 Å². The smallest absolute Gasteiger partial charge is 0.0971 e. The quantitative estimate of drug-likeness (QED) is 0.758. The van der Waals surface area contributed by atoms with Crippen LogP contribution in [0, 0.1) is 0 Å². The highest BCUT2D eigenvalue weighted by Crippen LogP contribution is 2.36. The molecule has 5 heteroatoms. The molecule has 1 heterocycles. The molecule has 1 saturated heterocycles. The Morgan fingerprint density at radius 3 is 2.33 bits per heavy atom. The lowest BCUT2D eigenvalue weighted by atomic mass is 9.78. The molecule has 0 aromatic heterocycles. The molecule has 0 amide bonds. The molecule has 0 aromatic rings. The normalized spacial score (nSPS) is 41.6. The topological polar surface area (TPSA) is 54.0 Å². The van der Waals surface area contributed by atoms with E-state index in [9.17, 15) is 5.11 Å². The molecule has 5 nitrogen and oxygen atoms in total. The van der Waals surface area contributed by atoms with E-state index in [0.717, 1.165) is 25.9 Å². The minimum atomic E-state index is -0.0577. The van der Waals surface area contributed by atoms with Crippen LogP contribution >= 0.6 is 0 Å². The second-order valence-corrected chi connectivity index (χ2v) is 7.11. The van der Waals surface area contributed by atoms with Crippen molar-refractivity contribution in [2.24, 2.45) is 0 Å². The van der Waals surface area contributed by atoms with Crippen LogP contribution in [-0.2, 0) is 9.47 Å². The van der Waals surface area contributed by atoms with Crippen LogP contribution in [0.2, 0.25) is 0 Å². The fraction of sp³-hybridized carbons (Fsp3) is 1.00. The van der Waals surface area contributed by atoms with Crippen LogP contribution in [0.5, 0.6) is 0 Å². The van der Waals surface area contributed by atoms with Gasteiger partial charge in [0.2, 0.25) is 0 Å². The zero-order valence-corrected chi connectivity index (χ0v) is 13.4. The largest absolute Gasteiger partial charge is 0.394 e. The first kappa shape index (κ1) is 15.7. The van der Waals surface area contributed by atoms with Crippen molar-refractivity contribution in [1.82, 2.24) is 10.2 Å². The Kier molecular flexibility index (Phi) is 4.86. The van der Waals surface area contributed by atoms with Crippen molar-refractivity contribution < 1.29 is 14.6 Å².